The molecule has 0 saturated carbocycles. The van der Waals surface area contributed by atoms with E-state index in [1.54, 1.807) is 18.9 Å². The van der Waals surface area contributed by atoms with Gasteiger partial charge >= 0.3 is 0 Å². The third kappa shape index (κ3) is 4.35. The van der Waals surface area contributed by atoms with Crippen LogP contribution >= 0.6 is 0 Å². The summed E-state index contributed by atoms with van der Waals surface area (Å²) in [7, 11) is 1.80. The van der Waals surface area contributed by atoms with E-state index in [0.717, 1.165) is 11.3 Å². The van der Waals surface area contributed by atoms with Gasteiger partial charge in [0.05, 0.1) is 0 Å². The Morgan fingerprint density at radius 3 is 2.33 bits per heavy atom. The molecule has 3 heteroatoms. The molecular weight excluding hydrogens is 262 g/mol. The third-order valence-corrected chi connectivity index (χ3v) is 3.32. The molecule has 1 unspecified atom stereocenters. The highest BCUT2D eigenvalue weighted by Crippen LogP contribution is 2.14. The summed E-state index contributed by atoms with van der Waals surface area (Å²) in [5.74, 6) is 0.689. The second kappa shape index (κ2) is 6.93. The minimum atomic E-state index is -0.499. The predicted molar refractivity (Wildman–Crippen MR) is 84.2 cm³/mol. The van der Waals surface area contributed by atoms with Crippen molar-refractivity contribution in [3.05, 3.63) is 65.7 Å². The first-order chi connectivity index (χ1) is 10.1. The second-order valence-electron chi connectivity index (χ2n) is 5.25. The molecule has 0 heterocycles. The van der Waals surface area contributed by atoms with E-state index in [1.165, 1.54) is 5.56 Å². The number of ether oxygens (including phenoxy) is 1. The van der Waals surface area contributed by atoms with Crippen molar-refractivity contribution in [2.75, 3.05) is 7.05 Å². The lowest BCUT2D eigenvalue weighted by molar-refractivity contribution is -0.137. The van der Waals surface area contributed by atoms with Gasteiger partial charge in [-0.05, 0) is 31.5 Å². The zero-order valence-electron chi connectivity index (χ0n) is 12.7. The summed E-state index contributed by atoms with van der Waals surface area (Å²) in [5.41, 5.74) is 2.28. The van der Waals surface area contributed by atoms with Crippen molar-refractivity contribution in [1.29, 1.82) is 0 Å². The number of rotatable bonds is 5. The van der Waals surface area contributed by atoms with E-state index in [1.807, 2.05) is 61.5 Å². The Morgan fingerprint density at radius 1 is 1.10 bits per heavy atom. The molecule has 0 spiro atoms. The van der Waals surface area contributed by atoms with E-state index in [2.05, 4.69) is 0 Å². The van der Waals surface area contributed by atoms with Gasteiger partial charge in [-0.25, -0.2) is 0 Å². The molecule has 0 aliphatic rings. The number of carbonyl (C=O) groups is 1. The first-order valence-corrected chi connectivity index (χ1v) is 7.08. The summed E-state index contributed by atoms with van der Waals surface area (Å²) in [6.07, 6.45) is -0.499. The third-order valence-electron chi connectivity index (χ3n) is 3.32. The number of hydrogen-bond donors (Lipinski definition) is 0. The summed E-state index contributed by atoms with van der Waals surface area (Å²) in [4.78, 5) is 14.0. The van der Waals surface area contributed by atoms with Gasteiger partial charge in [-0.1, -0.05) is 48.0 Å². The van der Waals surface area contributed by atoms with Crippen molar-refractivity contribution in [1.82, 2.24) is 4.90 Å². The maximum atomic E-state index is 12.3. The molecule has 2 aromatic carbocycles. The Kier molecular flexibility index (Phi) is 4.99. The first-order valence-electron chi connectivity index (χ1n) is 7.08. The van der Waals surface area contributed by atoms with Crippen LogP contribution in [0.1, 0.15) is 18.1 Å². The van der Waals surface area contributed by atoms with Crippen molar-refractivity contribution in [2.24, 2.45) is 0 Å². The van der Waals surface area contributed by atoms with E-state index in [0.29, 0.717) is 6.54 Å². The lowest BCUT2D eigenvalue weighted by atomic mass is 10.2. The molecule has 0 fully saturated rings. The van der Waals surface area contributed by atoms with Crippen LogP contribution in [0.4, 0.5) is 0 Å². The zero-order chi connectivity index (χ0) is 15.2. The molecule has 0 saturated heterocycles. The normalized spacial score (nSPS) is 11.8. The molecule has 21 heavy (non-hydrogen) atoms. The van der Waals surface area contributed by atoms with Crippen LogP contribution in [-0.4, -0.2) is 24.0 Å². The Bertz CT molecular complexity index is 578. The van der Waals surface area contributed by atoms with Crippen LogP contribution in [-0.2, 0) is 11.3 Å². The molecule has 2 rings (SSSR count). The molecule has 0 aliphatic carbocycles. The largest absolute Gasteiger partial charge is 0.481 e. The van der Waals surface area contributed by atoms with Gasteiger partial charge in [0.1, 0.15) is 5.75 Å². The Balaban J connectivity index is 1.93. The number of amides is 1. The molecular formula is C18H21NO2. The number of benzene rings is 2. The van der Waals surface area contributed by atoms with Crippen LogP contribution < -0.4 is 4.74 Å². The van der Waals surface area contributed by atoms with Crippen LogP contribution in [0.5, 0.6) is 5.75 Å². The van der Waals surface area contributed by atoms with Gasteiger partial charge in [0.25, 0.3) is 5.91 Å². The van der Waals surface area contributed by atoms with Gasteiger partial charge < -0.3 is 9.64 Å². The molecule has 0 radical (unpaired) electrons. The zero-order valence-corrected chi connectivity index (χ0v) is 12.7. The van der Waals surface area contributed by atoms with E-state index in [9.17, 15) is 4.79 Å². The van der Waals surface area contributed by atoms with Gasteiger partial charge in [0.2, 0.25) is 0 Å². The van der Waals surface area contributed by atoms with Crippen molar-refractivity contribution in [3.8, 4) is 5.75 Å². The van der Waals surface area contributed by atoms with Gasteiger partial charge in [-0.2, -0.15) is 0 Å². The highest BCUT2D eigenvalue weighted by Gasteiger charge is 2.19. The summed E-state index contributed by atoms with van der Waals surface area (Å²) in [5, 5.41) is 0. The van der Waals surface area contributed by atoms with Crippen LogP contribution in [0.25, 0.3) is 0 Å². The van der Waals surface area contributed by atoms with E-state index in [-0.39, 0.29) is 5.91 Å². The van der Waals surface area contributed by atoms with E-state index >= 15 is 0 Å². The number of likely N-dealkylation sites (N-methyl/N-ethyl adjacent to an activating group) is 1. The molecule has 2 aromatic rings. The average molecular weight is 283 g/mol. The summed E-state index contributed by atoms with van der Waals surface area (Å²) < 4.78 is 5.70. The lowest BCUT2D eigenvalue weighted by Gasteiger charge is -2.22. The maximum absolute atomic E-state index is 12.3. The number of carbonyl (C=O) groups excluding carboxylic acids is 1. The van der Waals surface area contributed by atoms with Gasteiger partial charge in [-0.3, -0.25) is 4.79 Å². The van der Waals surface area contributed by atoms with Crippen LogP contribution in [0.2, 0.25) is 0 Å². The average Bonchev–Trinajstić information content (AvgIpc) is 2.49. The molecule has 1 amide bonds. The second-order valence-corrected chi connectivity index (χ2v) is 5.25. The maximum Gasteiger partial charge on any atom is 0.263 e. The molecule has 110 valence electrons. The fourth-order valence-corrected chi connectivity index (χ4v) is 2.12. The topological polar surface area (TPSA) is 29.5 Å². The minimum absolute atomic E-state index is 0.0283. The number of nitrogens with zero attached hydrogens (tertiary/aromatic N) is 1. The molecule has 0 aliphatic heterocycles. The van der Waals surface area contributed by atoms with Crippen LogP contribution in [0.3, 0.4) is 0 Å². The van der Waals surface area contributed by atoms with E-state index < -0.39 is 6.10 Å². The monoisotopic (exact) mass is 283 g/mol. The SMILES string of the molecule is Cc1ccc(OC(C)C(=O)N(C)Cc2ccccc2)cc1. The van der Waals surface area contributed by atoms with Crippen LogP contribution in [0, 0.1) is 6.92 Å². The van der Waals surface area contributed by atoms with Gasteiger partial charge in [-0.15, -0.1) is 0 Å². The molecule has 1 atom stereocenters. The Labute approximate surface area is 126 Å². The fourth-order valence-electron chi connectivity index (χ4n) is 2.12. The number of hydrogen-bond acceptors (Lipinski definition) is 2. The summed E-state index contributed by atoms with van der Waals surface area (Å²) in [6, 6.07) is 17.6. The highest BCUT2D eigenvalue weighted by molar-refractivity contribution is 5.80. The Morgan fingerprint density at radius 2 is 1.71 bits per heavy atom. The van der Waals surface area contributed by atoms with E-state index in [4.69, 9.17) is 4.74 Å². The van der Waals surface area contributed by atoms with Crippen molar-refractivity contribution >= 4 is 5.91 Å². The van der Waals surface area contributed by atoms with Crippen molar-refractivity contribution in [3.63, 3.8) is 0 Å². The molecule has 3 nitrogen and oxygen atoms in total. The standard InChI is InChI=1S/C18H21NO2/c1-14-9-11-17(12-10-14)21-15(2)18(20)19(3)13-16-7-5-4-6-8-16/h4-12,15H,13H2,1-3H3. The van der Waals surface area contributed by atoms with Gasteiger partial charge in [0, 0.05) is 13.6 Å². The Hall–Kier alpha value is -2.29. The summed E-state index contributed by atoms with van der Waals surface area (Å²) >= 11 is 0. The highest BCUT2D eigenvalue weighted by atomic mass is 16.5. The molecule has 0 aromatic heterocycles. The number of aryl methyl sites for hydroxylation is 1. The molecule has 0 N–H and O–H groups in total. The quantitative estimate of drug-likeness (QED) is 0.841. The molecule has 0 bridgehead atoms. The smallest absolute Gasteiger partial charge is 0.263 e. The first kappa shape index (κ1) is 15.1. The lowest BCUT2D eigenvalue weighted by Crippen LogP contribution is -2.37. The van der Waals surface area contributed by atoms with Gasteiger partial charge in [0.15, 0.2) is 6.10 Å². The minimum Gasteiger partial charge on any atom is -0.481 e. The fraction of sp³-hybridized carbons (Fsp3) is 0.278. The van der Waals surface area contributed by atoms with Crippen molar-refractivity contribution < 1.29 is 9.53 Å². The van der Waals surface area contributed by atoms with Crippen LogP contribution in [0.15, 0.2) is 54.6 Å². The predicted octanol–water partition coefficient (Wildman–Crippen LogP) is 3.42. The summed E-state index contributed by atoms with van der Waals surface area (Å²) in [6.45, 7) is 4.39. The van der Waals surface area contributed by atoms with Crippen molar-refractivity contribution in [2.45, 2.75) is 26.5 Å².